The molecule has 25 heavy (non-hydrogen) atoms. The predicted molar refractivity (Wildman–Crippen MR) is 82.0 cm³/mol. The van der Waals surface area contributed by atoms with Crippen LogP contribution in [-0.4, -0.2) is 35.7 Å². The molecular weight excluding hydrogens is 338 g/mol. The predicted octanol–water partition coefficient (Wildman–Crippen LogP) is 2.32. The molecule has 7 nitrogen and oxygen atoms in total. The van der Waals surface area contributed by atoms with E-state index in [0.29, 0.717) is 11.3 Å². The van der Waals surface area contributed by atoms with Crippen molar-refractivity contribution in [2.75, 3.05) is 7.11 Å². The van der Waals surface area contributed by atoms with Crippen LogP contribution in [0.25, 0.3) is 0 Å². The monoisotopic (exact) mass is 352 g/mol. The summed E-state index contributed by atoms with van der Waals surface area (Å²) < 4.78 is 34.4. The lowest BCUT2D eigenvalue weighted by atomic mass is 10.1. The van der Waals surface area contributed by atoms with Crippen molar-refractivity contribution < 1.29 is 33.0 Å². The van der Waals surface area contributed by atoms with Gasteiger partial charge in [-0.3, -0.25) is 4.79 Å². The molecule has 1 heterocycles. The van der Waals surface area contributed by atoms with Gasteiger partial charge in [0.25, 0.3) is 5.91 Å². The molecular formula is C16H14F2N2O5. The van der Waals surface area contributed by atoms with E-state index < -0.39 is 18.5 Å². The van der Waals surface area contributed by atoms with Crippen molar-refractivity contribution in [1.29, 1.82) is 0 Å². The second-order valence-corrected chi connectivity index (χ2v) is 4.77. The first-order valence-electron chi connectivity index (χ1n) is 7.00. The smallest absolute Gasteiger partial charge is 0.387 e. The van der Waals surface area contributed by atoms with Crippen molar-refractivity contribution in [3.05, 3.63) is 53.3 Å². The third-order valence-electron chi connectivity index (χ3n) is 3.17. The first-order valence-corrected chi connectivity index (χ1v) is 7.00. The number of aromatic nitrogens is 1. The van der Waals surface area contributed by atoms with Crippen LogP contribution in [0.1, 0.15) is 26.4 Å². The summed E-state index contributed by atoms with van der Waals surface area (Å²) in [6, 6.07) is 6.81. The number of rotatable bonds is 7. The summed E-state index contributed by atoms with van der Waals surface area (Å²) in [5.74, 6) is -1.53. The number of pyridine rings is 1. The van der Waals surface area contributed by atoms with Gasteiger partial charge in [0.05, 0.1) is 12.7 Å². The Balaban J connectivity index is 2.09. The Morgan fingerprint density at radius 3 is 2.60 bits per heavy atom. The molecule has 0 radical (unpaired) electrons. The number of nitrogens with zero attached hydrogens (tertiary/aromatic N) is 1. The second-order valence-electron chi connectivity index (χ2n) is 4.77. The lowest BCUT2D eigenvalue weighted by molar-refractivity contribution is -0.0505. The molecule has 132 valence electrons. The summed E-state index contributed by atoms with van der Waals surface area (Å²) >= 11 is 0. The molecule has 0 aliphatic rings. The molecule has 1 aromatic heterocycles. The summed E-state index contributed by atoms with van der Waals surface area (Å²) in [4.78, 5) is 26.4. The number of hydrogen-bond acceptors (Lipinski definition) is 5. The number of amides is 1. The van der Waals surface area contributed by atoms with Crippen molar-refractivity contribution >= 4 is 11.9 Å². The molecule has 1 aromatic carbocycles. The van der Waals surface area contributed by atoms with Gasteiger partial charge in [0.15, 0.2) is 0 Å². The van der Waals surface area contributed by atoms with Crippen molar-refractivity contribution in [3.8, 4) is 11.5 Å². The van der Waals surface area contributed by atoms with Gasteiger partial charge >= 0.3 is 12.6 Å². The molecule has 0 atom stereocenters. The molecule has 0 spiro atoms. The summed E-state index contributed by atoms with van der Waals surface area (Å²) in [5.41, 5.74) is 0.263. The lowest BCUT2D eigenvalue weighted by Crippen LogP contribution is -2.23. The molecule has 9 heteroatoms. The zero-order valence-corrected chi connectivity index (χ0v) is 13.0. The SMILES string of the molecule is COc1ccc(CNC(=O)c2ccc(C(=O)O)nc2)c(OC(F)F)c1. The fourth-order valence-corrected chi connectivity index (χ4v) is 1.95. The van der Waals surface area contributed by atoms with Gasteiger partial charge in [-0.25, -0.2) is 9.78 Å². The Morgan fingerprint density at radius 2 is 2.04 bits per heavy atom. The third-order valence-corrected chi connectivity index (χ3v) is 3.17. The molecule has 0 fully saturated rings. The van der Waals surface area contributed by atoms with Crippen LogP contribution in [0.2, 0.25) is 0 Å². The average Bonchev–Trinajstić information content (AvgIpc) is 2.59. The first kappa shape index (κ1) is 18.1. The third kappa shape index (κ3) is 4.87. The van der Waals surface area contributed by atoms with E-state index in [1.165, 1.54) is 31.4 Å². The van der Waals surface area contributed by atoms with Gasteiger partial charge in [0.2, 0.25) is 0 Å². The van der Waals surface area contributed by atoms with Gasteiger partial charge in [-0.1, -0.05) is 0 Å². The number of carbonyl (C=O) groups excluding carboxylic acids is 1. The van der Waals surface area contributed by atoms with Crippen LogP contribution in [0.15, 0.2) is 36.5 Å². The molecule has 0 unspecified atom stereocenters. The van der Waals surface area contributed by atoms with Crippen LogP contribution in [0.3, 0.4) is 0 Å². The number of carbonyl (C=O) groups is 2. The number of halogens is 2. The van der Waals surface area contributed by atoms with E-state index in [9.17, 15) is 18.4 Å². The molecule has 0 aliphatic carbocycles. The van der Waals surface area contributed by atoms with Gasteiger partial charge in [-0.05, 0) is 24.3 Å². The standard InChI is InChI=1S/C16H14F2N2O5/c1-24-11-4-2-9(13(6-11)25-16(17)18)7-20-14(21)10-3-5-12(15(22)23)19-8-10/h2-6,8,16H,7H2,1H3,(H,20,21)(H,22,23). The molecule has 0 bridgehead atoms. The Morgan fingerprint density at radius 1 is 1.28 bits per heavy atom. The number of methoxy groups -OCH3 is 1. The zero-order valence-electron chi connectivity index (χ0n) is 13.0. The van der Waals surface area contributed by atoms with Crippen molar-refractivity contribution in [2.24, 2.45) is 0 Å². The lowest BCUT2D eigenvalue weighted by Gasteiger charge is -2.13. The Labute approximate surface area is 141 Å². The van der Waals surface area contributed by atoms with Crippen LogP contribution in [-0.2, 0) is 6.54 Å². The van der Waals surface area contributed by atoms with Gasteiger partial charge in [0.1, 0.15) is 17.2 Å². The highest BCUT2D eigenvalue weighted by Gasteiger charge is 2.13. The highest BCUT2D eigenvalue weighted by atomic mass is 19.3. The Kier molecular flexibility index (Phi) is 5.83. The van der Waals surface area contributed by atoms with Crippen molar-refractivity contribution in [2.45, 2.75) is 13.2 Å². The van der Waals surface area contributed by atoms with Crippen molar-refractivity contribution in [3.63, 3.8) is 0 Å². The van der Waals surface area contributed by atoms with Crippen LogP contribution in [0, 0.1) is 0 Å². The highest BCUT2D eigenvalue weighted by Crippen LogP contribution is 2.26. The Bertz CT molecular complexity index is 766. The maximum absolute atomic E-state index is 12.5. The minimum Gasteiger partial charge on any atom is -0.497 e. The molecule has 2 N–H and O–H groups in total. The van der Waals surface area contributed by atoms with Gasteiger partial charge < -0.3 is 19.9 Å². The second kappa shape index (κ2) is 8.04. The largest absolute Gasteiger partial charge is 0.497 e. The number of nitrogens with one attached hydrogen (secondary N) is 1. The number of benzene rings is 1. The van der Waals surface area contributed by atoms with Gasteiger partial charge in [0, 0.05) is 24.4 Å². The quantitative estimate of drug-likeness (QED) is 0.794. The van der Waals surface area contributed by atoms with Crippen molar-refractivity contribution in [1.82, 2.24) is 10.3 Å². The van der Waals surface area contributed by atoms with E-state index in [-0.39, 0.29) is 23.6 Å². The van der Waals surface area contributed by atoms with Gasteiger partial charge in [-0.2, -0.15) is 8.78 Å². The molecule has 2 aromatic rings. The number of hydrogen-bond donors (Lipinski definition) is 2. The fraction of sp³-hybridized carbons (Fsp3) is 0.188. The summed E-state index contributed by atoms with van der Waals surface area (Å²) in [5, 5.41) is 11.3. The zero-order chi connectivity index (χ0) is 18.4. The number of alkyl halides is 2. The van der Waals surface area contributed by atoms with Crippen LogP contribution >= 0.6 is 0 Å². The normalized spacial score (nSPS) is 10.4. The van der Waals surface area contributed by atoms with E-state index >= 15 is 0 Å². The summed E-state index contributed by atoms with van der Waals surface area (Å²) in [7, 11) is 1.39. The number of aromatic carboxylic acids is 1. The number of ether oxygens (including phenoxy) is 2. The Hall–Kier alpha value is -3.23. The summed E-state index contributed by atoms with van der Waals surface area (Å²) in [6.45, 7) is -3.10. The minimum atomic E-state index is -3.02. The molecule has 0 aliphatic heterocycles. The molecule has 2 rings (SSSR count). The van der Waals surface area contributed by atoms with E-state index in [2.05, 4.69) is 15.0 Å². The van der Waals surface area contributed by atoms with Gasteiger partial charge in [-0.15, -0.1) is 0 Å². The molecule has 0 saturated carbocycles. The molecule has 0 saturated heterocycles. The van der Waals surface area contributed by atoms with E-state index in [0.717, 1.165) is 6.20 Å². The number of carboxylic acids is 1. The van der Waals surface area contributed by atoms with E-state index in [1.54, 1.807) is 6.07 Å². The highest BCUT2D eigenvalue weighted by molar-refractivity contribution is 5.94. The van der Waals surface area contributed by atoms with Crippen LogP contribution in [0.4, 0.5) is 8.78 Å². The maximum atomic E-state index is 12.5. The number of carboxylic acid groups (broad SMARTS) is 1. The topological polar surface area (TPSA) is 97.8 Å². The fourth-order valence-electron chi connectivity index (χ4n) is 1.95. The van der Waals surface area contributed by atoms with Crippen LogP contribution in [0.5, 0.6) is 11.5 Å². The molecule has 1 amide bonds. The van der Waals surface area contributed by atoms with E-state index in [4.69, 9.17) is 9.84 Å². The maximum Gasteiger partial charge on any atom is 0.387 e. The average molecular weight is 352 g/mol. The minimum absolute atomic E-state index is 0.0778. The van der Waals surface area contributed by atoms with Crippen LogP contribution < -0.4 is 14.8 Å². The summed E-state index contributed by atoms with van der Waals surface area (Å²) in [6.07, 6.45) is 1.11. The van der Waals surface area contributed by atoms with E-state index in [1.807, 2.05) is 0 Å². The first-order chi connectivity index (χ1) is 11.9.